The first-order chi connectivity index (χ1) is 32.8. The summed E-state index contributed by atoms with van der Waals surface area (Å²) in [7, 11) is 4.62. The van der Waals surface area contributed by atoms with Crippen molar-refractivity contribution in [3.8, 4) is 0 Å². The summed E-state index contributed by atoms with van der Waals surface area (Å²) in [5.41, 5.74) is 1.27. The number of aliphatic hydroxyl groups excluding tert-OH is 1. The molecular weight excluding hydrogens is 887 g/mol. The van der Waals surface area contributed by atoms with E-state index in [2.05, 4.69) is 15.5 Å². The predicted molar refractivity (Wildman–Crippen MR) is 256 cm³/mol. The molecule has 1 amide bonds. The van der Waals surface area contributed by atoms with Crippen molar-refractivity contribution in [1.29, 1.82) is 0 Å². The van der Waals surface area contributed by atoms with Gasteiger partial charge in [-0.05, 0) is 117 Å². The molecule has 2 saturated heterocycles. The van der Waals surface area contributed by atoms with Crippen molar-refractivity contribution >= 4 is 29.2 Å². The van der Waals surface area contributed by atoms with Crippen LogP contribution >= 0.6 is 0 Å². The van der Waals surface area contributed by atoms with Gasteiger partial charge >= 0.3 is 5.97 Å². The normalized spacial score (nSPS) is 38.8. The van der Waals surface area contributed by atoms with Gasteiger partial charge in [-0.2, -0.15) is 0 Å². The van der Waals surface area contributed by atoms with Crippen molar-refractivity contribution in [3.05, 3.63) is 53.9 Å². The Balaban J connectivity index is 1.46. The summed E-state index contributed by atoms with van der Waals surface area (Å²) in [4.78, 5) is 72.3. The highest BCUT2D eigenvalue weighted by Crippen LogP contribution is 2.39. The fraction of sp³-hybridized carbons (Fsp3) is 0.731. The lowest BCUT2D eigenvalue weighted by atomic mass is 9.77. The van der Waals surface area contributed by atoms with Crippen LogP contribution in [0.4, 0.5) is 0 Å². The third kappa shape index (κ3) is 14.2. The molecular formula is C52H79N5O12. The third-order valence-electron chi connectivity index (χ3n) is 15.2. The highest BCUT2D eigenvalue weighted by atomic mass is 16.6. The van der Waals surface area contributed by atoms with Crippen molar-refractivity contribution < 1.29 is 57.9 Å². The molecule has 5 rings (SSSR count). The van der Waals surface area contributed by atoms with Gasteiger partial charge in [0.15, 0.2) is 5.78 Å². The second kappa shape index (κ2) is 25.7. The van der Waals surface area contributed by atoms with E-state index in [9.17, 15) is 34.2 Å². The van der Waals surface area contributed by atoms with Gasteiger partial charge in [-0.1, -0.05) is 71.1 Å². The number of tetrazole rings is 1. The first-order valence-corrected chi connectivity index (χ1v) is 25.0. The number of hydrogen-bond acceptors (Lipinski definition) is 15. The van der Waals surface area contributed by atoms with E-state index in [0.29, 0.717) is 56.9 Å². The van der Waals surface area contributed by atoms with Gasteiger partial charge in [-0.3, -0.25) is 19.2 Å². The number of carbonyl (C=O) groups excluding carboxylic acids is 5. The minimum Gasteiger partial charge on any atom is -0.460 e. The maximum absolute atomic E-state index is 14.5. The number of carbonyl (C=O) groups is 5. The zero-order valence-electron chi connectivity index (χ0n) is 42.5. The number of hydrogen-bond donors (Lipinski definition) is 2. The van der Waals surface area contributed by atoms with Crippen LogP contribution in [-0.4, -0.2) is 141 Å². The van der Waals surface area contributed by atoms with E-state index >= 15 is 0 Å². The number of piperidine rings is 1. The summed E-state index contributed by atoms with van der Waals surface area (Å²) < 4.78 is 31.6. The first-order valence-electron chi connectivity index (χ1n) is 25.0. The average molecular weight is 966 g/mol. The lowest BCUT2D eigenvalue weighted by Crippen LogP contribution is -2.61. The van der Waals surface area contributed by atoms with E-state index in [0.717, 1.165) is 18.4 Å². The fourth-order valence-electron chi connectivity index (χ4n) is 10.7. The zero-order valence-corrected chi connectivity index (χ0v) is 42.5. The number of methoxy groups -OCH3 is 3. The van der Waals surface area contributed by atoms with E-state index in [-0.39, 0.29) is 60.9 Å². The van der Waals surface area contributed by atoms with Crippen LogP contribution in [0.5, 0.6) is 0 Å². The van der Waals surface area contributed by atoms with Crippen LogP contribution in [0.25, 0.3) is 0 Å². The number of esters is 1. The number of fused-ring (bicyclic) bond motifs is 3. The monoisotopic (exact) mass is 966 g/mol. The molecule has 4 heterocycles. The highest BCUT2D eigenvalue weighted by molar-refractivity contribution is 6.39. The number of cyclic esters (lactones) is 1. The van der Waals surface area contributed by atoms with Crippen LogP contribution < -0.4 is 0 Å². The van der Waals surface area contributed by atoms with Crippen molar-refractivity contribution in [2.75, 3.05) is 27.9 Å². The highest BCUT2D eigenvalue weighted by Gasteiger charge is 2.53. The molecule has 1 aliphatic carbocycles. The van der Waals surface area contributed by atoms with E-state index in [1.165, 1.54) is 12.0 Å². The van der Waals surface area contributed by atoms with Gasteiger partial charge in [0.25, 0.3) is 11.7 Å². The molecule has 0 radical (unpaired) electrons. The van der Waals surface area contributed by atoms with Crippen molar-refractivity contribution in [2.24, 2.45) is 35.5 Å². The molecule has 1 unspecified atom stereocenters. The Labute approximate surface area is 408 Å². The van der Waals surface area contributed by atoms with Gasteiger partial charge in [0.1, 0.15) is 36.5 Å². The summed E-state index contributed by atoms with van der Waals surface area (Å²) >= 11 is 0. The number of aromatic nitrogens is 4. The van der Waals surface area contributed by atoms with Gasteiger partial charge < -0.3 is 38.8 Å². The molecule has 1 saturated carbocycles. The number of amides is 1. The number of nitrogens with zero attached hydrogens (tertiary/aromatic N) is 5. The average Bonchev–Trinajstić information content (AvgIpc) is 3.88. The second-order valence-corrected chi connectivity index (χ2v) is 20.4. The van der Waals surface area contributed by atoms with Crippen LogP contribution in [0.3, 0.4) is 0 Å². The molecule has 15 atom stereocenters. The summed E-state index contributed by atoms with van der Waals surface area (Å²) in [5, 5.41) is 35.2. The SMILES string of the molecule is CO[C@H]1C[C@@H]2CC[C@@H](C)[C@@](O)(O2)C(=O)C(=O)N2CCCC[C@H]2C(=O)O[C@H]([C@H](C)C[C@@H]2CCC(n3cnnn3)[C@H](OC)C2)CC(=O)[C@H](C)/C=C(\C)[C@@H](O)[C@@H](OC)C(=O)[C@@H](C)C[C@H](C)/C=C/C=C/C=C/1C. The molecule has 3 fully saturated rings. The summed E-state index contributed by atoms with van der Waals surface area (Å²) in [6.45, 7) is 12.8. The number of ketones is 3. The Kier molecular flexibility index (Phi) is 20.8. The summed E-state index contributed by atoms with van der Waals surface area (Å²) in [5.74, 6) is -7.92. The Bertz CT molecular complexity index is 2020. The van der Waals surface area contributed by atoms with Gasteiger partial charge in [0, 0.05) is 58.5 Å². The minimum absolute atomic E-state index is 0.0170. The Morgan fingerprint density at radius 2 is 1.64 bits per heavy atom. The zero-order chi connectivity index (χ0) is 50.6. The number of Topliss-reactive ketones (excluding diaryl/α,β-unsaturated/α-hetero) is 3. The Morgan fingerprint density at radius 3 is 2.32 bits per heavy atom. The Morgan fingerprint density at radius 1 is 0.884 bits per heavy atom. The summed E-state index contributed by atoms with van der Waals surface area (Å²) in [6.07, 6.45) is 13.9. The topological polar surface area (TPSA) is 219 Å². The van der Waals surface area contributed by atoms with Crippen LogP contribution in [0, 0.1) is 35.5 Å². The van der Waals surface area contributed by atoms with Crippen LogP contribution in [0.1, 0.15) is 132 Å². The number of aliphatic hydroxyl groups is 2. The van der Waals surface area contributed by atoms with Crippen molar-refractivity contribution in [3.63, 3.8) is 0 Å². The Hall–Kier alpha value is -4.26. The van der Waals surface area contributed by atoms with Crippen LogP contribution in [0.15, 0.2) is 53.9 Å². The second-order valence-electron chi connectivity index (χ2n) is 20.4. The van der Waals surface area contributed by atoms with Crippen LogP contribution in [0.2, 0.25) is 0 Å². The smallest absolute Gasteiger partial charge is 0.329 e. The first kappa shape index (κ1) is 55.7. The summed E-state index contributed by atoms with van der Waals surface area (Å²) in [6, 6.07) is -1.19. The largest absolute Gasteiger partial charge is 0.460 e. The number of allylic oxidation sites excluding steroid dienone is 6. The molecule has 0 spiro atoms. The van der Waals surface area contributed by atoms with Gasteiger partial charge in [0.2, 0.25) is 5.79 Å². The van der Waals surface area contributed by atoms with E-state index in [1.807, 2.05) is 58.1 Å². The molecule has 1 aromatic heterocycles. The van der Waals surface area contributed by atoms with E-state index in [4.69, 9.17) is 23.7 Å². The predicted octanol–water partition coefficient (Wildman–Crippen LogP) is 6.05. The minimum atomic E-state index is -2.43. The standard InChI is InChI=1S/C52H79N5O12/c1-31-16-12-11-13-17-32(2)43(65-8)28-39-21-19-37(7)52(64,69-39)49(61)50(62)56-23-15-14-18-41(56)51(63)68-44(34(4)26-38-20-22-40(45(27-38)66-9)57-30-53-54-55-57)29-42(58)33(3)25-36(6)47(60)48(67-10)46(59)35(5)24-31/h11-13,16-17,25,30-31,33-35,37-41,43-45,47-48,60,64H,14-15,18-24,26-29H2,1-10H3/b13-11+,16-12+,32-17+,36-25+/t31-,33-,34-,35+,37-,38+,39+,40?,41+,43+,44+,45-,47-,48+,52-/m1/s1. The third-order valence-corrected chi connectivity index (χ3v) is 15.2. The fourth-order valence-corrected chi connectivity index (χ4v) is 10.7. The maximum atomic E-state index is 14.5. The van der Waals surface area contributed by atoms with Crippen LogP contribution in [-0.2, 0) is 47.7 Å². The van der Waals surface area contributed by atoms with Crippen molar-refractivity contribution in [2.45, 2.75) is 180 Å². The molecule has 2 bridgehead atoms. The lowest BCUT2D eigenvalue weighted by Gasteiger charge is -2.42. The van der Waals surface area contributed by atoms with Gasteiger partial charge in [-0.25, -0.2) is 9.48 Å². The molecule has 4 aliphatic rings. The molecule has 17 nitrogen and oxygen atoms in total. The lowest BCUT2D eigenvalue weighted by molar-refractivity contribution is -0.265. The van der Waals surface area contributed by atoms with Crippen molar-refractivity contribution in [1.82, 2.24) is 25.1 Å². The number of ether oxygens (including phenoxy) is 5. The number of rotatable bonds is 7. The molecule has 384 valence electrons. The molecule has 17 heteroatoms. The molecule has 1 aromatic rings. The van der Waals surface area contributed by atoms with Gasteiger partial charge in [-0.15, -0.1) is 5.10 Å². The quantitative estimate of drug-likeness (QED) is 0.181. The molecule has 2 N–H and O–H groups in total. The van der Waals surface area contributed by atoms with E-state index < -0.39 is 77.8 Å². The molecule has 69 heavy (non-hydrogen) atoms. The molecule has 3 aliphatic heterocycles. The van der Waals surface area contributed by atoms with E-state index in [1.54, 1.807) is 52.1 Å². The maximum Gasteiger partial charge on any atom is 0.329 e. The molecule has 0 aromatic carbocycles. The van der Waals surface area contributed by atoms with Gasteiger partial charge in [0.05, 0.1) is 24.4 Å².